The number of aromatic nitrogens is 2. The predicted molar refractivity (Wildman–Crippen MR) is 89.1 cm³/mol. The zero-order valence-electron chi connectivity index (χ0n) is 13.2. The molecule has 0 unspecified atom stereocenters. The third-order valence-corrected chi connectivity index (χ3v) is 3.32. The number of quaternary nitrogens is 1. The van der Waals surface area contributed by atoms with E-state index in [2.05, 4.69) is 24.1 Å². The molecular weight excluding hydrogens is 296 g/mol. The molecule has 7 nitrogen and oxygen atoms in total. The van der Waals surface area contributed by atoms with Gasteiger partial charge in [-0.1, -0.05) is 18.2 Å². The molecule has 0 aliphatic heterocycles. The van der Waals surface area contributed by atoms with Crippen LogP contribution in [0.15, 0.2) is 44.9 Å². The van der Waals surface area contributed by atoms with Crippen molar-refractivity contribution in [2.45, 2.75) is 6.42 Å². The van der Waals surface area contributed by atoms with E-state index in [1.165, 1.54) is 11.1 Å². The van der Waals surface area contributed by atoms with Crippen LogP contribution >= 0.6 is 0 Å². The lowest BCUT2D eigenvalue weighted by Gasteiger charge is -2.09. The average molecular weight is 317 g/mol. The van der Waals surface area contributed by atoms with Crippen molar-refractivity contribution in [3.63, 3.8) is 0 Å². The smallest absolute Gasteiger partial charge is 0.335 e. The largest absolute Gasteiger partial charge is 0.493 e. The number of nitrogens with zero attached hydrogens (tertiary/aromatic N) is 2. The van der Waals surface area contributed by atoms with E-state index in [0.717, 1.165) is 17.5 Å². The highest BCUT2D eigenvalue weighted by atomic mass is 16.3. The van der Waals surface area contributed by atoms with Gasteiger partial charge in [0.2, 0.25) is 5.88 Å². The van der Waals surface area contributed by atoms with E-state index in [-0.39, 0.29) is 5.56 Å². The van der Waals surface area contributed by atoms with Crippen molar-refractivity contribution in [1.29, 1.82) is 0 Å². The number of nitrogens with one attached hydrogen (secondary N) is 2. The maximum absolute atomic E-state index is 12.0. The highest BCUT2D eigenvalue weighted by molar-refractivity contribution is 5.82. The molecule has 0 aliphatic rings. The van der Waals surface area contributed by atoms with E-state index in [1.54, 1.807) is 30.3 Å². The van der Waals surface area contributed by atoms with Gasteiger partial charge in [0.25, 0.3) is 5.56 Å². The van der Waals surface area contributed by atoms with E-state index in [0.29, 0.717) is 12.2 Å². The summed E-state index contributed by atoms with van der Waals surface area (Å²) >= 11 is 0. The Morgan fingerprint density at radius 1 is 1.26 bits per heavy atom. The molecule has 0 radical (unpaired) electrons. The summed E-state index contributed by atoms with van der Waals surface area (Å²) in [6.45, 7) is 1.51. The minimum Gasteiger partial charge on any atom is -0.493 e. The second-order valence-corrected chi connectivity index (χ2v) is 5.51. The molecule has 0 atom stereocenters. The Morgan fingerprint density at radius 2 is 1.96 bits per heavy atom. The molecule has 0 spiro atoms. The summed E-state index contributed by atoms with van der Waals surface area (Å²) in [7, 11) is 4.10. The molecular formula is C16H21N4O3+. The first kappa shape index (κ1) is 16.7. The van der Waals surface area contributed by atoms with Crippen LogP contribution in [0.5, 0.6) is 5.88 Å². The number of aromatic hydroxyl groups is 1. The topological polar surface area (TPSA) is 91.9 Å². The van der Waals surface area contributed by atoms with Gasteiger partial charge < -0.3 is 10.0 Å². The molecule has 1 aromatic heterocycles. The zero-order chi connectivity index (χ0) is 16.8. The first-order valence-electron chi connectivity index (χ1n) is 7.43. The van der Waals surface area contributed by atoms with Crippen molar-refractivity contribution in [1.82, 2.24) is 9.55 Å². The fraction of sp³-hybridized carbons (Fsp3) is 0.312. The zero-order valence-corrected chi connectivity index (χ0v) is 13.2. The molecule has 0 saturated carbocycles. The normalized spacial score (nSPS) is 11.4. The van der Waals surface area contributed by atoms with Gasteiger partial charge in [0.15, 0.2) is 0 Å². The second-order valence-electron chi connectivity index (χ2n) is 5.51. The molecule has 1 aromatic carbocycles. The van der Waals surface area contributed by atoms with E-state index in [4.69, 9.17) is 0 Å². The van der Waals surface area contributed by atoms with Crippen molar-refractivity contribution < 1.29 is 10.0 Å². The lowest BCUT2D eigenvalue weighted by molar-refractivity contribution is -0.858. The third kappa shape index (κ3) is 4.17. The van der Waals surface area contributed by atoms with Crippen LogP contribution in [0.1, 0.15) is 12.0 Å². The molecule has 23 heavy (non-hydrogen) atoms. The maximum Gasteiger partial charge on any atom is 0.335 e. The Kier molecular flexibility index (Phi) is 5.48. The number of H-pyrrole nitrogens is 1. The molecule has 2 aromatic rings. The molecule has 0 saturated heterocycles. The third-order valence-electron chi connectivity index (χ3n) is 3.32. The lowest BCUT2D eigenvalue weighted by atomic mass is 10.3. The number of benzene rings is 1. The summed E-state index contributed by atoms with van der Waals surface area (Å²) in [4.78, 5) is 31.5. The quantitative estimate of drug-likeness (QED) is 0.480. The van der Waals surface area contributed by atoms with Crippen molar-refractivity contribution in [3.8, 4) is 11.6 Å². The standard InChI is InChI=1S/C16H20N4O3/c1-19(2)10-6-9-17-11-13-14(21)18-16(23)20(15(13)22)12-7-4-3-5-8-12/h3-5,7-8,11,22H,6,9-10H2,1-2H3,(H,18,21,23)/p+1. The lowest BCUT2D eigenvalue weighted by Crippen LogP contribution is -3.05. The molecule has 0 amide bonds. The van der Waals surface area contributed by atoms with E-state index < -0.39 is 17.1 Å². The molecule has 0 bridgehead atoms. The maximum atomic E-state index is 12.0. The first-order valence-corrected chi connectivity index (χ1v) is 7.43. The van der Waals surface area contributed by atoms with Gasteiger partial charge in [-0.05, 0) is 12.1 Å². The fourth-order valence-corrected chi connectivity index (χ4v) is 2.15. The van der Waals surface area contributed by atoms with Gasteiger partial charge in [-0.15, -0.1) is 0 Å². The highest BCUT2D eigenvalue weighted by Crippen LogP contribution is 2.14. The monoisotopic (exact) mass is 317 g/mol. The molecule has 0 aliphatic carbocycles. The Balaban J connectivity index is 2.33. The van der Waals surface area contributed by atoms with Crippen LogP contribution in [-0.4, -0.2) is 48.1 Å². The van der Waals surface area contributed by atoms with Crippen LogP contribution in [-0.2, 0) is 0 Å². The SMILES string of the molecule is C[NH+](C)CCCN=Cc1c(O)n(-c2ccccc2)c(=O)[nH]c1=O. The molecule has 122 valence electrons. The van der Waals surface area contributed by atoms with E-state index >= 15 is 0 Å². The van der Waals surface area contributed by atoms with Crippen LogP contribution in [0, 0.1) is 0 Å². The van der Waals surface area contributed by atoms with E-state index in [9.17, 15) is 14.7 Å². The summed E-state index contributed by atoms with van der Waals surface area (Å²) in [5, 5.41) is 10.3. The number of aromatic amines is 1. The fourth-order valence-electron chi connectivity index (χ4n) is 2.15. The van der Waals surface area contributed by atoms with Crippen molar-refractivity contribution >= 4 is 6.21 Å². The number of rotatable bonds is 6. The second kappa shape index (κ2) is 7.55. The summed E-state index contributed by atoms with van der Waals surface area (Å²) in [6.07, 6.45) is 2.19. The number of aliphatic imine (C=N–C) groups is 1. The van der Waals surface area contributed by atoms with Crippen LogP contribution < -0.4 is 16.1 Å². The number of hydrogen-bond acceptors (Lipinski definition) is 4. The Hall–Kier alpha value is -2.67. The van der Waals surface area contributed by atoms with Crippen LogP contribution in [0.3, 0.4) is 0 Å². The number of para-hydroxylation sites is 1. The molecule has 3 N–H and O–H groups in total. The molecule has 7 heteroatoms. The van der Waals surface area contributed by atoms with Gasteiger partial charge in [0, 0.05) is 19.2 Å². The van der Waals surface area contributed by atoms with Gasteiger partial charge in [0.05, 0.1) is 26.3 Å². The van der Waals surface area contributed by atoms with Gasteiger partial charge in [0.1, 0.15) is 5.56 Å². The summed E-state index contributed by atoms with van der Waals surface area (Å²) in [5.41, 5.74) is -0.892. The Labute approximate surface area is 133 Å². The van der Waals surface area contributed by atoms with Gasteiger partial charge in [-0.3, -0.25) is 14.8 Å². The summed E-state index contributed by atoms with van der Waals surface area (Å²) < 4.78 is 1.05. The van der Waals surface area contributed by atoms with Gasteiger partial charge in [-0.2, -0.15) is 0 Å². The van der Waals surface area contributed by atoms with Gasteiger partial charge in [-0.25, -0.2) is 9.36 Å². The molecule has 2 rings (SSSR count). The predicted octanol–water partition coefficient (Wildman–Crippen LogP) is -0.815. The van der Waals surface area contributed by atoms with E-state index in [1.807, 2.05) is 0 Å². The Bertz CT molecular complexity index is 791. The van der Waals surface area contributed by atoms with Crippen LogP contribution in [0.4, 0.5) is 0 Å². The summed E-state index contributed by atoms with van der Waals surface area (Å²) in [6, 6.07) is 8.61. The highest BCUT2D eigenvalue weighted by Gasteiger charge is 2.13. The first-order chi connectivity index (χ1) is 11.0. The molecule has 1 heterocycles. The number of hydrogen-bond donors (Lipinski definition) is 3. The van der Waals surface area contributed by atoms with Crippen LogP contribution in [0.2, 0.25) is 0 Å². The minimum absolute atomic E-state index is 0.0225. The minimum atomic E-state index is -0.688. The van der Waals surface area contributed by atoms with Gasteiger partial charge >= 0.3 is 5.69 Å². The van der Waals surface area contributed by atoms with Crippen molar-refractivity contribution in [3.05, 3.63) is 56.7 Å². The average Bonchev–Trinajstić information content (AvgIpc) is 2.50. The summed E-state index contributed by atoms with van der Waals surface area (Å²) in [5.74, 6) is -0.410. The molecule has 0 fully saturated rings. The van der Waals surface area contributed by atoms with Crippen LogP contribution in [0.25, 0.3) is 5.69 Å². The van der Waals surface area contributed by atoms with Crippen molar-refractivity contribution in [2.75, 3.05) is 27.2 Å². The van der Waals surface area contributed by atoms with Crippen molar-refractivity contribution in [2.24, 2.45) is 4.99 Å². The Morgan fingerprint density at radius 3 is 2.61 bits per heavy atom.